The van der Waals surface area contributed by atoms with Crippen molar-refractivity contribution in [3.63, 3.8) is 0 Å². The van der Waals surface area contributed by atoms with Crippen LogP contribution in [0.3, 0.4) is 0 Å². The van der Waals surface area contributed by atoms with E-state index in [9.17, 15) is 4.79 Å². The lowest BCUT2D eigenvalue weighted by atomic mass is 9.77. The molecule has 0 bridgehead atoms. The molecule has 1 spiro atoms. The Bertz CT molecular complexity index is 1270. The van der Waals surface area contributed by atoms with Gasteiger partial charge in [-0.15, -0.1) is 0 Å². The number of aromatic nitrogens is 2. The molecule has 2 fully saturated rings. The Morgan fingerprint density at radius 1 is 0.763 bits per heavy atom. The van der Waals surface area contributed by atoms with Crippen molar-refractivity contribution in [3.8, 4) is 5.69 Å². The van der Waals surface area contributed by atoms with Gasteiger partial charge in [-0.05, 0) is 80.2 Å². The van der Waals surface area contributed by atoms with Crippen LogP contribution in [-0.2, 0) is 11.3 Å². The fourth-order valence-electron chi connectivity index (χ4n) is 6.32. The molecule has 194 valence electrons. The highest BCUT2D eigenvalue weighted by Gasteiger charge is 2.47. The third-order valence-corrected chi connectivity index (χ3v) is 8.63. The van der Waals surface area contributed by atoms with Gasteiger partial charge in [0, 0.05) is 31.4 Å². The lowest BCUT2D eigenvalue weighted by Crippen LogP contribution is -2.45. The molecular formula is C33H36N4O. The predicted molar refractivity (Wildman–Crippen MR) is 151 cm³/mol. The first-order valence-corrected chi connectivity index (χ1v) is 13.9. The number of rotatable bonds is 8. The summed E-state index contributed by atoms with van der Waals surface area (Å²) in [6, 6.07) is 32.1. The number of hydrogen-bond donors (Lipinski definition) is 0. The van der Waals surface area contributed by atoms with Crippen molar-refractivity contribution >= 4 is 5.91 Å². The number of nitrogens with zero attached hydrogens (tertiary/aromatic N) is 4. The van der Waals surface area contributed by atoms with Crippen LogP contribution < -0.4 is 0 Å². The van der Waals surface area contributed by atoms with Gasteiger partial charge >= 0.3 is 0 Å². The van der Waals surface area contributed by atoms with Crippen molar-refractivity contribution in [2.24, 2.45) is 5.41 Å². The zero-order valence-electron chi connectivity index (χ0n) is 22.0. The van der Waals surface area contributed by atoms with Crippen LogP contribution in [0, 0.1) is 5.41 Å². The molecule has 6 rings (SSSR count). The minimum atomic E-state index is -0.163. The highest BCUT2D eigenvalue weighted by atomic mass is 16.2. The van der Waals surface area contributed by atoms with E-state index >= 15 is 0 Å². The maximum Gasteiger partial charge on any atom is 0.229 e. The molecule has 0 unspecified atom stereocenters. The van der Waals surface area contributed by atoms with Gasteiger partial charge in [0.1, 0.15) is 0 Å². The van der Waals surface area contributed by atoms with Gasteiger partial charge in [-0.2, -0.15) is 5.10 Å². The minimum Gasteiger partial charge on any atom is -0.338 e. The molecule has 0 atom stereocenters. The smallest absolute Gasteiger partial charge is 0.229 e. The van der Waals surface area contributed by atoms with Gasteiger partial charge in [0.25, 0.3) is 0 Å². The zero-order chi connectivity index (χ0) is 25.8. The molecule has 5 nitrogen and oxygen atoms in total. The highest BCUT2D eigenvalue weighted by molar-refractivity contribution is 5.85. The predicted octanol–water partition coefficient (Wildman–Crippen LogP) is 5.91. The third-order valence-electron chi connectivity index (χ3n) is 8.63. The summed E-state index contributed by atoms with van der Waals surface area (Å²) in [5.41, 5.74) is 4.82. The normalized spacial score (nSPS) is 17.5. The van der Waals surface area contributed by atoms with Crippen molar-refractivity contribution in [2.75, 3.05) is 26.2 Å². The first kappa shape index (κ1) is 24.6. The quantitative estimate of drug-likeness (QED) is 0.300. The summed E-state index contributed by atoms with van der Waals surface area (Å²) in [6.07, 6.45) is 7.76. The van der Waals surface area contributed by atoms with Crippen LogP contribution in [0.5, 0.6) is 0 Å². The van der Waals surface area contributed by atoms with Crippen LogP contribution in [0.4, 0.5) is 0 Å². The van der Waals surface area contributed by atoms with E-state index in [1.54, 1.807) is 6.20 Å². The Labute approximate surface area is 225 Å². The summed E-state index contributed by atoms with van der Waals surface area (Å²) in [5, 5.41) is 4.30. The molecule has 38 heavy (non-hydrogen) atoms. The number of amides is 1. The van der Waals surface area contributed by atoms with Gasteiger partial charge in [0.2, 0.25) is 5.91 Å². The molecule has 2 aliphatic rings. The average Bonchev–Trinajstić information content (AvgIpc) is 3.61. The number of piperidine rings is 1. The van der Waals surface area contributed by atoms with Crippen molar-refractivity contribution in [1.82, 2.24) is 19.6 Å². The Balaban J connectivity index is 1.04. The second-order valence-corrected chi connectivity index (χ2v) is 10.9. The van der Waals surface area contributed by atoms with Gasteiger partial charge < -0.3 is 9.80 Å². The maximum absolute atomic E-state index is 13.6. The minimum absolute atomic E-state index is 0.163. The average molecular weight is 505 g/mol. The summed E-state index contributed by atoms with van der Waals surface area (Å²) >= 11 is 0. The van der Waals surface area contributed by atoms with E-state index in [1.165, 1.54) is 16.7 Å². The van der Waals surface area contributed by atoms with Gasteiger partial charge in [-0.1, -0.05) is 72.8 Å². The fourth-order valence-corrected chi connectivity index (χ4v) is 6.32. The molecule has 4 aromatic rings. The standard InChI is InChI=1S/C33H36N4O/c38-32-33(19-25-36(32)26-27-12-14-30(15-13-27)37-21-7-20-34-37)17-23-35(24-18-33)22-16-31(28-8-3-1-4-9-28)29-10-5-2-6-11-29/h1-15,20-21,31H,16-19,22-26H2. The molecule has 3 aromatic carbocycles. The molecule has 2 saturated heterocycles. The molecule has 0 saturated carbocycles. The van der Waals surface area contributed by atoms with Crippen LogP contribution in [-0.4, -0.2) is 51.7 Å². The van der Waals surface area contributed by atoms with E-state index in [2.05, 4.69) is 99.8 Å². The van der Waals surface area contributed by atoms with E-state index < -0.39 is 0 Å². The topological polar surface area (TPSA) is 41.4 Å². The summed E-state index contributed by atoms with van der Waals surface area (Å²) in [4.78, 5) is 18.2. The lowest BCUT2D eigenvalue weighted by Gasteiger charge is -2.38. The van der Waals surface area contributed by atoms with Gasteiger partial charge in [-0.25, -0.2) is 4.68 Å². The van der Waals surface area contributed by atoms with Crippen LogP contribution in [0.2, 0.25) is 0 Å². The molecule has 3 heterocycles. The summed E-state index contributed by atoms with van der Waals surface area (Å²) < 4.78 is 1.86. The first-order valence-electron chi connectivity index (χ1n) is 13.9. The third kappa shape index (κ3) is 5.16. The van der Waals surface area contributed by atoms with E-state index in [-0.39, 0.29) is 5.41 Å². The van der Waals surface area contributed by atoms with Crippen LogP contribution in [0.1, 0.15) is 48.3 Å². The maximum atomic E-state index is 13.6. The van der Waals surface area contributed by atoms with E-state index in [1.807, 2.05) is 16.9 Å². The van der Waals surface area contributed by atoms with Crippen molar-refractivity contribution in [2.45, 2.75) is 38.1 Å². The molecule has 5 heteroatoms. The fraction of sp³-hybridized carbons (Fsp3) is 0.333. The van der Waals surface area contributed by atoms with E-state index in [0.717, 1.165) is 57.5 Å². The van der Waals surface area contributed by atoms with Gasteiger partial charge in [0.15, 0.2) is 0 Å². The number of benzene rings is 3. The Kier molecular flexibility index (Phi) is 7.10. The molecule has 1 amide bonds. The molecule has 1 aromatic heterocycles. The van der Waals surface area contributed by atoms with E-state index in [4.69, 9.17) is 0 Å². The molecule has 0 N–H and O–H groups in total. The molecule has 0 radical (unpaired) electrons. The SMILES string of the molecule is O=C1N(Cc2ccc(-n3cccn3)cc2)CCC12CCN(CCC(c1ccccc1)c1ccccc1)CC2. The number of carbonyl (C=O) groups is 1. The highest BCUT2D eigenvalue weighted by Crippen LogP contribution is 2.42. The number of likely N-dealkylation sites (tertiary alicyclic amines) is 2. The number of carbonyl (C=O) groups excluding carboxylic acids is 1. The largest absolute Gasteiger partial charge is 0.338 e. The van der Waals surface area contributed by atoms with Crippen LogP contribution >= 0.6 is 0 Å². The number of hydrogen-bond acceptors (Lipinski definition) is 3. The monoisotopic (exact) mass is 504 g/mol. The Morgan fingerprint density at radius 2 is 1.39 bits per heavy atom. The van der Waals surface area contributed by atoms with Crippen LogP contribution in [0.25, 0.3) is 5.69 Å². The van der Waals surface area contributed by atoms with Gasteiger partial charge in [-0.3, -0.25) is 4.79 Å². The Hall–Kier alpha value is -3.70. The lowest BCUT2D eigenvalue weighted by molar-refractivity contribution is -0.138. The molecule has 0 aliphatic carbocycles. The van der Waals surface area contributed by atoms with Crippen molar-refractivity contribution < 1.29 is 4.79 Å². The van der Waals surface area contributed by atoms with Gasteiger partial charge in [0.05, 0.1) is 11.1 Å². The molecule has 2 aliphatic heterocycles. The van der Waals surface area contributed by atoms with Crippen molar-refractivity contribution in [1.29, 1.82) is 0 Å². The molecular weight excluding hydrogens is 468 g/mol. The van der Waals surface area contributed by atoms with Crippen LogP contribution in [0.15, 0.2) is 103 Å². The summed E-state index contributed by atoms with van der Waals surface area (Å²) in [7, 11) is 0. The Morgan fingerprint density at radius 3 is 2.00 bits per heavy atom. The van der Waals surface area contributed by atoms with Crippen molar-refractivity contribution in [3.05, 3.63) is 120 Å². The first-order chi connectivity index (χ1) is 18.7. The summed E-state index contributed by atoms with van der Waals surface area (Å²) in [6.45, 7) is 4.64. The second-order valence-electron chi connectivity index (χ2n) is 10.9. The van der Waals surface area contributed by atoms with E-state index in [0.29, 0.717) is 18.4 Å². The zero-order valence-corrected chi connectivity index (χ0v) is 22.0. The second kappa shape index (κ2) is 11.0. The summed E-state index contributed by atoms with van der Waals surface area (Å²) in [5.74, 6) is 0.760.